The Morgan fingerprint density at radius 1 is 0.913 bits per heavy atom. The van der Waals surface area contributed by atoms with Crippen LogP contribution in [0.1, 0.15) is 30.9 Å². The number of aliphatic hydroxyl groups is 1. The summed E-state index contributed by atoms with van der Waals surface area (Å²) in [6, 6.07) is 20.2. The zero-order valence-corrected chi connectivity index (χ0v) is 14.5. The van der Waals surface area contributed by atoms with Crippen molar-refractivity contribution in [3.8, 4) is 0 Å². The third kappa shape index (κ3) is 3.77. The minimum atomic E-state index is -0.939. The van der Waals surface area contributed by atoms with E-state index in [9.17, 15) is 5.11 Å². The minimum Gasteiger partial charge on any atom is -0.380 e. The Hall–Kier alpha value is -1.35. The van der Waals surface area contributed by atoms with Gasteiger partial charge in [-0.15, -0.1) is 12.4 Å². The lowest BCUT2D eigenvalue weighted by Crippen LogP contribution is -2.41. The molecule has 1 aliphatic heterocycles. The maximum Gasteiger partial charge on any atom is 0.118 e. The highest BCUT2D eigenvalue weighted by molar-refractivity contribution is 5.85. The van der Waals surface area contributed by atoms with Crippen LogP contribution in [0.4, 0.5) is 0 Å². The van der Waals surface area contributed by atoms with Crippen LogP contribution >= 0.6 is 12.4 Å². The van der Waals surface area contributed by atoms with Crippen molar-refractivity contribution in [2.75, 3.05) is 19.6 Å². The maximum atomic E-state index is 11.7. The van der Waals surface area contributed by atoms with Gasteiger partial charge < -0.3 is 10.0 Å². The van der Waals surface area contributed by atoms with Gasteiger partial charge >= 0.3 is 0 Å². The summed E-state index contributed by atoms with van der Waals surface area (Å²) < 4.78 is 0. The van der Waals surface area contributed by atoms with Crippen LogP contribution in [0.15, 0.2) is 60.7 Å². The Balaban J connectivity index is 0.00000192. The first-order chi connectivity index (χ1) is 10.7. The molecule has 124 valence electrons. The van der Waals surface area contributed by atoms with Crippen LogP contribution in [-0.4, -0.2) is 29.6 Å². The molecule has 1 aliphatic rings. The van der Waals surface area contributed by atoms with Gasteiger partial charge in [-0.25, -0.2) is 0 Å². The number of halogens is 1. The summed E-state index contributed by atoms with van der Waals surface area (Å²) in [6.45, 7) is 5.41. The van der Waals surface area contributed by atoms with Gasteiger partial charge in [0.25, 0.3) is 0 Å². The number of benzene rings is 2. The van der Waals surface area contributed by atoms with Crippen LogP contribution in [0.5, 0.6) is 0 Å². The Morgan fingerprint density at radius 3 is 1.78 bits per heavy atom. The maximum absolute atomic E-state index is 11.7. The van der Waals surface area contributed by atoms with E-state index in [1.54, 1.807) is 0 Å². The third-order valence-electron chi connectivity index (χ3n) is 4.87. The second-order valence-corrected chi connectivity index (χ2v) is 6.41. The van der Waals surface area contributed by atoms with E-state index in [1.807, 2.05) is 60.7 Å². The van der Waals surface area contributed by atoms with Gasteiger partial charge in [-0.1, -0.05) is 67.6 Å². The lowest BCUT2D eigenvalue weighted by atomic mass is 9.76. The first-order valence-corrected chi connectivity index (χ1v) is 8.27. The van der Waals surface area contributed by atoms with E-state index in [0.717, 1.165) is 30.8 Å². The van der Waals surface area contributed by atoms with Gasteiger partial charge in [0.1, 0.15) is 5.60 Å². The topological polar surface area (TPSA) is 23.5 Å². The standard InChI is InChI=1S/C20H25NO.ClH/c1-17(16-21-14-8-9-15-21)20(22,18-10-4-2-5-11-18)19-12-6-3-7-13-19;/h2-7,10-13,17,22H,8-9,14-16H2,1H3;1H/t17-;/m1./s1. The van der Waals surface area contributed by atoms with E-state index < -0.39 is 5.60 Å². The Kier molecular flexibility index (Phi) is 6.23. The lowest BCUT2D eigenvalue weighted by molar-refractivity contribution is 0.0104. The predicted molar refractivity (Wildman–Crippen MR) is 98.0 cm³/mol. The molecule has 2 aromatic rings. The summed E-state index contributed by atoms with van der Waals surface area (Å²) in [5, 5.41) is 11.7. The molecule has 0 unspecified atom stereocenters. The van der Waals surface area contributed by atoms with Gasteiger partial charge in [0, 0.05) is 12.5 Å². The summed E-state index contributed by atoms with van der Waals surface area (Å²) in [7, 11) is 0. The van der Waals surface area contributed by atoms with Crippen LogP contribution in [0, 0.1) is 5.92 Å². The number of hydrogen-bond acceptors (Lipinski definition) is 2. The fourth-order valence-corrected chi connectivity index (χ4v) is 3.60. The number of nitrogens with zero attached hydrogens (tertiary/aromatic N) is 1. The normalized spacial score (nSPS) is 16.8. The molecule has 3 rings (SSSR count). The van der Waals surface area contributed by atoms with Crippen molar-refractivity contribution in [3.05, 3.63) is 71.8 Å². The van der Waals surface area contributed by atoms with Crippen molar-refractivity contribution in [2.24, 2.45) is 5.92 Å². The van der Waals surface area contributed by atoms with Crippen LogP contribution in [-0.2, 0) is 5.60 Å². The highest BCUT2D eigenvalue weighted by Gasteiger charge is 2.38. The fraction of sp³-hybridized carbons (Fsp3) is 0.400. The van der Waals surface area contributed by atoms with E-state index in [-0.39, 0.29) is 18.3 Å². The Morgan fingerprint density at radius 2 is 1.35 bits per heavy atom. The minimum absolute atomic E-state index is 0. The smallest absolute Gasteiger partial charge is 0.118 e. The number of hydrogen-bond donors (Lipinski definition) is 1. The molecule has 1 N–H and O–H groups in total. The molecule has 2 aromatic carbocycles. The molecule has 0 bridgehead atoms. The number of rotatable bonds is 5. The molecule has 1 heterocycles. The van der Waals surface area contributed by atoms with Crippen molar-refractivity contribution in [3.63, 3.8) is 0 Å². The van der Waals surface area contributed by atoms with E-state index in [1.165, 1.54) is 12.8 Å². The SMILES string of the molecule is C[C@H](CN1CCCC1)C(O)(c1ccccc1)c1ccccc1.Cl. The summed E-state index contributed by atoms with van der Waals surface area (Å²) in [4.78, 5) is 2.47. The monoisotopic (exact) mass is 331 g/mol. The van der Waals surface area contributed by atoms with Crippen LogP contribution in [0.2, 0.25) is 0 Å². The highest BCUT2D eigenvalue weighted by atomic mass is 35.5. The Labute approximate surface area is 145 Å². The van der Waals surface area contributed by atoms with Crippen molar-refractivity contribution in [1.29, 1.82) is 0 Å². The molecule has 0 aromatic heterocycles. The molecule has 1 atom stereocenters. The van der Waals surface area contributed by atoms with Crippen LogP contribution < -0.4 is 0 Å². The molecule has 0 amide bonds. The summed E-state index contributed by atoms with van der Waals surface area (Å²) in [5.74, 6) is 0.135. The molecule has 0 aliphatic carbocycles. The molecule has 2 nitrogen and oxygen atoms in total. The summed E-state index contributed by atoms with van der Waals surface area (Å²) in [5.41, 5.74) is 1.02. The van der Waals surface area contributed by atoms with E-state index in [0.29, 0.717) is 0 Å². The van der Waals surface area contributed by atoms with E-state index in [2.05, 4.69) is 11.8 Å². The average molecular weight is 332 g/mol. The summed E-state index contributed by atoms with van der Waals surface area (Å²) in [6.07, 6.45) is 2.56. The zero-order valence-electron chi connectivity index (χ0n) is 13.7. The van der Waals surface area contributed by atoms with Crippen molar-refractivity contribution < 1.29 is 5.11 Å². The molecule has 3 heteroatoms. The van der Waals surface area contributed by atoms with Gasteiger partial charge in [0.05, 0.1) is 0 Å². The van der Waals surface area contributed by atoms with Crippen molar-refractivity contribution >= 4 is 12.4 Å². The van der Waals surface area contributed by atoms with Gasteiger partial charge in [-0.05, 0) is 37.1 Å². The van der Waals surface area contributed by atoms with Gasteiger partial charge in [0.15, 0.2) is 0 Å². The van der Waals surface area contributed by atoms with E-state index >= 15 is 0 Å². The van der Waals surface area contributed by atoms with Crippen molar-refractivity contribution in [2.45, 2.75) is 25.4 Å². The summed E-state index contributed by atoms with van der Waals surface area (Å²) >= 11 is 0. The average Bonchev–Trinajstić information content (AvgIpc) is 3.08. The molecule has 1 fully saturated rings. The lowest BCUT2D eigenvalue weighted by Gasteiger charge is -2.37. The molecule has 23 heavy (non-hydrogen) atoms. The quantitative estimate of drug-likeness (QED) is 0.892. The molecule has 0 saturated carbocycles. The number of likely N-dealkylation sites (tertiary alicyclic amines) is 1. The second kappa shape index (κ2) is 7.96. The largest absolute Gasteiger partial charge is 0.380 e. The molecule has 0 radical (unpaired) electrons. The van der Waals surface area contributed by atoms with Gasteiger partial charge in [0.2, 0.25) is 0 Å². The zero-order chi connectivity index (χ0) is 15.4. The highest BCUT2D eigenvalue weighted by Crippen LogP contribution is 2.37. The third-order valence-corrected chi connectivity index (χ3v) is 4.87. The van der Waals surface area contributed by atoms with Crippen LogP contribution in [0.25, 0.3) is 0 Å². The molecule has 1 saturated heterocycles. The Bertz CT molecular complexity index is 542. The molecule has 0 spiro atoms. The van der Waals surface area contributed by atoms with Crippen molar-refractivity contribution in [1.82, 2.24) is 4.90 Å². The van der Waals surface area contributed by atoms with E-state index in [4.69, 9.17) is 0 Å². The molecular formula is C20H26ClNO. The first kappa shape index (κ1) is 18.0. The second-order valence-electron chi connectivity index (χ2n) is 6.41. The fourth-order valence-electron chi connectivity index (χ4n) is 3.60. The van der Waals surface area contributed by atoms with Gasteiger partial charge in [-0.3, -0.25) is 0 Å². The molecular weight excluding hydrogens is 306 g/mol. The van der Waals surface area contributed by atoms with Crippen LogP contribution in [0.3, 0.4) is 0 Å². The van der Waals surface area contributed by atoms with Gasteiger partial charge in [-0.2, -0.15) is 0 Å². The predicted octanol–water partition coefficient (Wildman–Crippen LogP) is 4.08. The first-order valence-electron chi connectivity index (χ1n) is 8.27.